The second kappa shape index (κ2) is 7.21. The van der Waals surface area contributed by atoms with Crippen LogP contribution in [0.1, 0.15) is 35.4 Å². The second-order valence-electron chi connectivity index (χ2n) is 5.95. The quantitative estimate of drug-likeness (QED) is 0.633. The molecule has 0 heterocycles. The zero-order valence-corrected chi connectivity index (χ0v) is 14.9. The topological polar surface area (TPSA) is 63.2 Å². The number of ketones is 2. The first-order valence-corrected chi connectivity index (χ1v) is 8.35. The number of amides is 1. The first-order chi connectivity index (χ1) is 10.8. The molecule has 0 aromatic heterocycles. The Morgan fingerprint density at radius 1 is 1.35 bits per heavy atom. The number of carbonyl (C=O) groups excluding carboxylic acids is 3. The van der Waals surface area contributed by atoms with Crippen LogP contribution in [0, 0.1) is 19.8 Å². The largest absolute Gasteiger partial charge is 0.353 e. The zero-order chi connectivity index (χ0) is 17.1. The van der Waals surface area contributed by atoms with Gasteiger partial charge in [-0.2, -0.15) is 0 Å². The fraction of sp³-hybridized carbons (Fsp3) is 0.389. The van der Waals surface area contributed by atoms with Crippen molar-refractivity contribution in [1.29, 1.82) is 0 Å². The third-order valence-corrected chi connectivity index (χ3v) is 4.64. The number of hydrogen-bond acceptors (Lipinski definition) is 3. The lowest BCUT2D eigenvalue weighted by Crippen LogP contribution is -2.27. The van der Waals surface area contributed by atoms with Crippen molar-refractivity contribution in [2.75, 3.05) is 6.54 Å². The second-order valence-corrected chi connectivity index (χ2v) is 6.87. The lowest BCUT2D eigenvalue weighted by molar-refractivity contribution is -0.128. The van der Waals surface area contributed by atoms with Crippen molar-refractivity contribution in [2.24, 2.45) is 5.92 Å². The van der Waals surface area contributed by atoms with Gasteiger partial charge in [-0.05, 0) is 42.7 Å². The van der Waals surface area contributed by atoms with Crippen molar-refractivity contribution in [3.63, 3.8) is 0 Å². The van der Waals surface area contributed by atoms with E-state index < -0.39 is 11.8 Å². The van der Waals surface area contributed by atoms with E-state index in [0.717, 1.165) is 21.2 Å². The summed E-state index contributed by atoms with van der Waals surface area (Å²) in [6.45, 7) is 7.69. The Hall–Kier alpha value is -1.75. The van der Waals surface area contributed by atoms with Crippen LogP contribution in [0.2, 0.25) is 0 Å². The molecule has 2 rings (SSSR count). The van der Waals surface area contributed by atoms with Crippen LogP contribution in [-0.2, 0) is 14.4 Å². The Bertz CT molecular complexity index is 658. The molecular weight excluding hydrogens is 358 g/mol. The highest BCUT2D eigenvalue weighted by Gasteiger charge is 2.43. The SMILES string of the molecule is C=CCNC(=O)CC1CC(=O)C(c2c(C)cc(Br)cc2C)C1=O. The predicted molar refractivity (Wildman–Crippen MR) is 92.3 cm³/mol. The van der Waals surface area contributed by atoms with Crippen LogP contribution < -0.4 is 5.32 Å². The molecule has 4 nitrogen and oxygen atoms in total. The summed E-state index contributed by atoms with van der Waals surface area (Å²) in [4.78, 5) is 36.9. The number of benzene rings is 1. The third kappa shape index (κ3) is 3.78. The van der Waals surface area contributed by atoms with Gasteiger partial charge in [-0.3, -0.25) is 14.4 Å². The van der Waals surface area contributed by atoms with E-state index >= 15 is 0 Å². The van der Waals surface area contributed by atoms with Crippen LogP contribution in [0.25, 0.3) is 0 Å². The number of halogens is 1. The van der Waals surface area contributed by atoms with Crippen LogP contribution in [0.3, 0.4) is 0 Å². The highest BCUT2D eigenvalue weighted by molar-refractivity contribution is 9.10. The molecule has 1 fully saturated rings. The molecule has 1 aromatic rings. The lowest BCUT2D eigenvalue weighted by atomic mass is 9.87. The number of nitrogens with one attached hydrogen (secondary N) is 1. The Kier molecular flexibility index (Phi) is 5.52. The van der Waals surface area contributed by atoms with E-state index in [1.807, 2.05) is 26.0 Å². The molecule has 1 saturated carbocycles. The molecule has 0 spiro atoms. The summed E-state index contributed by atoms with van der Waals surface area (Å²) in [5.41, 5.74) is 2.62. The van der Waals surface area contributed by atoms with Crippen LogP contribution in [0.4, 0.5) is 0 Å². The van der Waals surface area contributed by atoms with E-state index in [2.05, 4.69) is 27.8 Å². The van der Waals surface area contributed by atoms with Gasteiger partial charge in [0.2, 0.25) is 5.91 Å². The number of rotatable bonds is 5. The summed E-state index contributed by atoms with van der Waals surface area (Å²) in [6, 6.07) is 3.82. The van der Waals surface area contributed by atoms with Crippen molar-refractivity contribution in [2.45, 2.75) is 32.6 Å². The Labute approximate surface area is 144 Å². The van der Waals surface area contributed by atoms with Crippen LogP contribution in [-0.4, -0.2) is 24.0 Å². The average Bonchev–Trinajstić information content (AvgIpc) is 2.72. The van der Waals surface area contributed by atoms with Gasteiger partial charge >= 0.3 is 0 Å². The minimum Gasteiger partial charge on any atom is -0.353 e. The highest BCUT2D eigenvalue weighted by Crippen LogP contribution is 2.37. The van der Waals surface area contributed by atoms with Crippen LogP contribution in [0.5, 0.6) is 0 Å². The molecule has 1 aliphatic rings. The molecular formula is C18H20BrNO3. The predicted octanol–water partition coefficient (Wildman–Crippen LogP) is 3.00. The Morgan fingerprint density at radius 2 is 1.96 bits per heavy atom. The monoisotopic (exact) mass is 377 g/mol. The maximum atomic E-state index is 12.7. The van der Waals surface area contributed by atoms with Gasteiger partial charge in [0, 0.05) is 29.8 Å². The number of aryl methyl sites for hydroxylation is 2. The summed E-state index contributed by atoms with van der Waals surface area (Å²) in [5, 5.41) is 2.65. The van der Waals surface area contributed by atoms with Gasteiger partial charge < -0.3 is 5.32 Å². The van der Waals surface area contributed by atoms with Crippen molar-refractivity contribution in [3.8, 4) is 0 Å². The average molecular weight is 378 g/mol. The van der Waals surface area contributed by atoms with E-state index in [-0.39, 0.29) is 30.3 Å². The lowest BCUT2D eigenvalue weighted by Gasteiger charge is -2.16. The molecule has 0 saturated heterocycles. The van der Waals surface area contributed by atoms with Gasteiger partial charge in [-0.15, -0.1) is 6.58 Å². The van der Waals surface area contributed by atoms with E-state index in [1.54, 1.807) is 6.08 Å². The standard InChI is InChI=1S/C18H20BrNO3/c1-4-5-20-15(22)9-12-8-14(21)17(18(12)23)16-10(2)6-13(19)7-11(16)3/h4,6-7,12,17H,1,5,8-9H2,2-3H3,(H,20,22). The molecule has 5 heteroatoms. The smallest absolute Gasteiger partial charge is 0.220 e. The summed E-state index contributed by atoms with van der Waals surface area (Å²) < 4.78 is 0.925. The summed E-state index contributed by atoms with van der Waals surface area (Å²) in [5.74, 6) is -1.72. The van der Waals surface area contributed by atoms with Crippen LogP contribution in [0.15, 0.2) is 29.3 Å². The molecule has 0 radical (unpaired) electrons. The summed E-state index contributed by atoms with van der Waals surface area (Å²) >= 11 is 3.42. The van der Waals surface area contributed by atoms with Gasteiger partial charge in [0.15, 0.2) is 5.78 Å². The van der Waals surface area contributed by atoms with Crippen molar-refractivity contribution < 1.29 is 14.4 Å². The minimum absolute atomic E-state index is 0.0591. The summed E-state index contributed by atoms with van der Waals surface area (Å²) in [7, 11) is 0. The molecule has 122 valence electrons. The molecule has 1 aromatic carbocycles. The number of hydrogen-bond donors (Lipinski definition) is 1. The molecule has 1 aliphatic carbocycles. The fourth-order valence-electron chi connectivity index (χ4n) is 3.19. The minimum atomic E-state index is -0.736. The number of Topliss-reactive ketones (excluding diaryl/α,β-unsaturated/α-hetero) is 2. The number of carbonyl (C=O) groups is 3. The van der Waals surface area contributed by atoms with Crippen molar-refractivity contribution >= 4 is 33.4 Å². The van der Waals surface area contributed by atoms with E-state index in [9.17, 15) is 14.4 Å². The fourth-order valence-corrected chi connectivity index (χ4v) is 3.88. The Morgan fingerprint density at radius 3 is 2.52 bits per heavy atom. The maximum absolute atomic E-state index is 12.7. The van der Waals surface area contributed by atoms with Gasteiger partial charge in [-0.25, -0.2) is 0 Å². The Balaban J connectivity index is 2.22. The molecule has 1 N–H and O–H groups in total. The van der Waals surface area contributed by atoms with E-state index in [4.69, 9.17) is 0 Å². The first kappa shape index (κ1) is 17.6. The molecule has 2 unspecified atom stereocenters. The third-order valence-electron chi connectivity index (χ3n) is 4.18. The van der Waals surface area contributed by atoms with Crippen molar-refractivity contribution in [3.05, 3.63) is 46.0 Å². The summed E-state index contributed by atoms with van der Waals surface area (Å²) in [6.07, 6.45) is 1.78. The van der Waals surface area contributed by atoms with Gasteiger partial charge in [0.25, 0.3) is 0 Å². The van der Waals surface area contributed by atoms with E-state index in [1.165, 1.54) is 0 Å². The molecule has 23 heavy (non-hydrogen) atoms. The molecule has 1 amide bonds. The van der Waals surface area contributed by atoms with Gasteiger partial charge in [0.1, 0.15) is 11.7 Å². The van der Waals surface area contributed by atoms with Gasteiger partial charge in [0.05, 0.1) is 0 Å². The highest BCUT2D eigenvalue weighted by atomic mass is 79.9. The van der Waals surface area contributed by atoms with E-state index in [0.29, 0.717) is 6.54 Å². The maximum Gasteiger partial charge on any atom is 0.220 e. The zero-order valence-electron chi connectivity index (χ0n) is 13.3. The molecule has 0 bridgehead atoms. The molecule has 0 aliphatic heterocycles. The van der Waals surface area contributed by atoms with Gasteiger partial charge in [-0.1, -0.05) is 22.0 Å². The van der Waals surface area contributed by atoms with Crippen LogP contribution >= 0.6 is 15.9 Å². The first-order valence-electron chi connectivity index (χ1n) is 7.55. The normalized spacial score (nSPS) is 20.7. The van der Waals surface area contributed by atoms with Crippen molar-refractivity contribution in [1.82, 2.24) is 5.32 Å². The molecule has 2 atom stereocenters.